The van der Waals surface area contributed by atoms with Crippen molar-refractivity contribution in [3.8, 4) is 0 Å². The SMILES string of the molecule is CCS(=O)C1CCCC(NC(=NC)NCCC(=O)N(C)C)C1. The smallest absolute Gasteiger partial charge is 0.223 e. The van der Waals surface area contributed by atoms with E-state index < -0.39 is 10.8 Å². The normalized spacial score (nSPS) is 23.7. The summed E-state index contributed by atoms with van der Waals surface area (Å²) in [5, 5.41) is 6.87. The summed E-state index contributed by atoms with van der Waals surface area (Å²) < 4.78 is 12.0. The summed E-state index contributed by atoms with van der Waals surface area (Å²) >= 11 is 0. The highest BCUT2D eigenvalue weighted by molar-refractivity contribution is 7.85. The summed E-state index contributed by atoms with van der Waals surface area (Å²) in [6.45, 7) is 2.54. The quantitative estimate of drug-likeness (QED) is 0.556. The van der Waals surface area contributed by atoms with Gasteiger partial charge in [0.1, 0.15) is 0 Å². The van der Waals surface area contributed by atoms with Gasteiger partial charge in [-0.3, -0.25) is 14.0 Å². The van der Waals surface area contributed by atoms with Gasteiger partial charge in [-0.25, -0.2) is 0 Å². The van der Waals surface area contributed by atoms with Crippen LogP contribution >= 0.6 is 0 Å². The highest BCUT2D eigenvalue weighted by atomic mass is 32.2. The third-order valence-electron chi connectivity index (χ3n) is 3.98. The van der Waals surface area contributed by atoms with Gasteiger partial charge in [0.2, 0.25) is 5.91 Å². The van der Waals surface area contributed by atoms with E-state index in [1.54, 1.807) is 26.0 Å². The molecule has 0 aromatic heterocycles. The Balaban J connectivity index is 2.39. The molecule has 1 saturated carbocycles. The molecular weight excluding hydrogens is 300 g/mol. The molecule has 0 aliphatic heterocycles. The number of amides is 1. The fraction of sp³-hybridized carbons (Fsp3) is 0.867. The molecule has 0 saturated heterocycles. The zero-order chi connectivity index (χ0) is 16.5. The minimum atomic E-state index is -0.718. The molecule has 7 heteroatoms. The molecule has 0 heterocycles. The third kappa shape index (κ3) is 6.34. The van der Waals surface area contributed by atoms with E-state index in [9.17, 15) is 9.00 Å². The molecule has 0 radical (unpaired) electrons. The highest BCUT2D eigenvalue weighted by Crippen LogP contribution is 2.22. The number of guanidine groups is 1. The number of hydrogen-bond donors (Lipinski definition) is 2. The minimum Gasteiger partial charge on any atom is -0.356 e. The summed E-state index contributed by atoms with van der Waals surface area (Å²) in [6.07, 6.45) is 4.61. The number of carbonyl (C=O) groups excluding carboxylic acids is 1. The lowest BCUT2D eigenvalue weighted by molar-refractivity contribution is -0.128. The third-order valence-corrected chi connectivity index (χ3v) is 5.72. The summed E-state index contributed by atoms with van der Waals surface area (Å²) in [6, 6.07) is 0.310. The average Bonchev–Trinajstić information content (AvgIpc) is 2.53. The molecule has 1 aliphatic rings. The van der Waals surface area contributed by atoms with E-state index in [2.05, 4.69) is 15.6 Å². The predicted molar refractivity (Wildman–Crippen MR) is 92.5 cm³/mol. The van der Waals surface area contributed by atoms with E-state index in [0.29, 0.717) is 24.3 Å². The number of hydrogen-bond acceptors (Lipinski definition) is 3. The van der Waals surface area contributed by atoms with E-state index >= 15 is 0 Å². The van der Waals surface area contributed by atoms with Gasteiger partial charge in [-0.05, 0) is 19.3 Å². The van der Waals surface area contributed by atoms with Gasteiger partial charge in [-0.15, -0.1) is 0 Å². The maximum absolute atomic E-state index is 12.0. The molecular formula is C15H30N4O2S. The Morgan fingerprint density at radius 1 is 1.36 bits per heavy atom. The van der Waals surface area contributed by atoms with E-state index in [1.807, 2.05) is 6.92 Å². The molecule has 6 nitrogen and oxygen atoms in total. The maximum atomic E-state index is 12.0. The predicted octanol–water partition coefficient (Wildman–Crippen LogP) is 0.710. The fourth-order valence-electron chi connectivity index (χ4n) is 2.65. The van der Waals surface area contributed by atoms with Crippen LogP contribution in [0.3, 0.4) is 0 Å². The van der Waals surface area contributed by atoms with Crippen molar-refractivity contribution in [2.24, 2.45) is 4.99 Å². The molecule has 3 unspecified atom stereocenters. The van der Waals surface area contributed by atoms with Crippen molar-refractivity contribution in [3.63, 3.8) is 0 Å². The number of nitrogens with one attached hydrogen (secondary N) is 2. The summed E-state index contributed by atoms with van der Waals surface area (Å²) in [4.78, 5) is 17.3. The second-order valence-electron chi connectivity index (χ2n) is 5.84. The van der Waals surface area contributed by atoms with Gasteiger partial charge in [-0.1, -0.05) is 13.3 Å². The maximum Gasteiger partial charge on any atom is 0.223 e. The second-order valence-corrected chi connectivity index (χ2v) is 7.84. The molecule has 22 heavy (non-hydrogen) atoms. The Hall–Kier alpha value is -1.11. The first kappa shape index (κ1) is 18.9. The van der Waals surface area contributed by atoms with Gasteiger partial charge in [0, 0.05) is 62.0 Å². The first-order valence-corrected chi connectivity index (χ1v) is 9.40. The molecule has 0 aromatic rings. The number of nitrogens with zero attached hydrogens (tertiary/aromatic N) is 2. The van der Waals surface area contributed by atoms with Gasteiger partial charge >= 0.3 is 0 Å². The fourth-order valence-corrected chi connectivity index (χ4v) is 4.00. The Labute approximate surface area is 136 Å². The summed E-state index contributed by atoms with van der Waals surface area (Å²) in [7, 11) is 4.52. The molecule has 1 rings (SSSR count). The number of aliphatic imine (C=N–C) groups is 1. The topological polar surface area (TPSA) is 73.8 Å². The van der Waals surface area contributed by atoms with E-state index in [-0.39, 0.29) is 5.91 Å². The Bertz CT molecular complexity index is 412. The highest BCUT2D eigenvalue weighted by Gasteiger charge is 2.25. The van der Waals surface area contributed by atoms with Crippen molar-refractivity contribution in [2.45, 2.75) is 50.3 Å². The van der Waals surface area contributed by atoms with Crippen molar-refractivity contribution in [1.29, 1.82) is 0 Å². The Morgan fingerprint density at radius 2 is 2.09 bits per heavy atom. The van der Waals surface area contributed by atoms with Crippen LogP contribution in [0, 0.1) is 0 Å². The van der Waals surface area contributed by atoms with Crippen LogP contribution in [0.2, 0.25) is 0 Å². The van der Waals surface area contributed by atoms with Crippen molar-refractivity contribution in [1.82, 2.24) is 15.5 Å². The van der Waals surface area contributed by atoms with Gasteiger partial charge < -0.3 is 15.5 Å². The largest absolute Gasteiger partial charge is 0.356 e. The molecule has 2 N–H and O–H groups in total. The molecule has 0 aromatic carbocycles. The Morgan fingerprint density at radius 3 is 2.68 bits per heavy atom. The van der Waals surface area contributed by atoms with Crippen LogP contribution in [0.5, 0.6) is 0 Å². The van der Waals surface area contributed by atoms with Crippen molar-refractivity contribution < 1.29 is 9.00 Å². The average molecular weight is 330 g/mol. The zero-order valence-electron chi connectivity index (χ0n) is 14.2. The van der Waals surface area contributed by atoms with Crippen LogP contribution in [-0.2, 0) is 15.6 Å². The zero-order valence-corrected chi connectivity index (χ0v) is 15.0. The minimum absolute atomic E-state index is 0.0963. The van der Waals surface area contributed by atoms with Crippen molar-refractivity contribution in [2.75, 3.05) is 33.4 Å². The lowest BCUT2D eigenvalue weighted by Crippen LogP contribution is -2.47. The molecule has 128 valence electrons. The van der Waals surface area contributed by atoms with Gasteiger partial charge in [-0.2, -0.15) is 0 Å². The summed E-state index contributed by atoms with van der Waals surface area (Å²) in [5.41, 5.74) is 0. The Kier molecular flexibility index (Phi) is 8.45. The molecule has 1 fully saturated rings. The lowest BCUT2D eigenvalue weighted by Gasteiger charge is -2.30. The lowest BCUT2D eigenvalue weighted by atomic mass is 9.95. The first-order valence-electron chi connectivity index (χ1n) is 8.02. The number of rotatable bonds is 6. The van der Waals surface area contributed by atoms with Crippen molar-refractivity contribution in [3.05, 3.63) is 0 Å². The molecule has 1 amide bonds. The van der Waals surface area contributed by atoms with Crippen LogP contribution in [0.25, 0.3) is 0 Å². The summed E-state index contributed by atoms with van der Waals surface area (Å²) in [5.74, 6) is 1.55. The van der Waals surface area contributed by atoms with Crippen molar-refractivity contribution >= 4 is 22.7 Å². The van der Waals surface area contributed by atoms with Crippen LogP contribution in [0.1, 0.15) is 39.0 Å². The molecule has 3 atom stereocenters. The van der Waals surface area contributed by atoms with Crippen LogP contribution < -0.4 is 10.6 Å². The van der Waals surface area contributed by atoms with Crippen LogP contribution in [0.4, 0.5) is 0 Å². The monoisotopic (exact) mass is 330 g/mol. The van der Waals surface area contributed by atoms with Gasteiger partial charge in [0.25, 0.3) is 0 Å². The molecule has 0 spiro atoms. The van der Waals surface area contributed by atoms with Crippen LogP contribution in [-0.4, -0.2) is 65.7 Å². The second kappa shape index (κ2) is 9.82. The van der Waals surface area contributed by atoms with Crippen LogP contribution in [0.15, 0.2) is 4.99 Å². The van der Waals surface area contributed by atoms with E-state index in [1.165, 1.54) is 0 Å². The van der Waals surface area contributed by atoms with Gasteiger partial charge in [0.15, 0.2) is 5.96 Å². The standard InChI is InChI=1S/C15H30N4O2S/c1-5-22(21)13-8-6-7-12(11-13)18-15(16-2)17-10-9-14(20)19(3)4/h12-13H,5-11H2,1-4H3,(H2,16,17,18). The first-order chi connectivity index (χ1) is 10.5. The van der Waals surface area contributed by atoms with E-state index in [4.69, 9.17) is 0 Å². The molecule has 0 bridgehead atoms. The van der Waals surface area contributed by atoms with Gasteiger partial charge in [0.05, 0.1) is 0 Å². The number of carbonyl (C=O) groups is 1. The van der Waals surface area contributed by atoms with E-state index in [0.717, 1.165) is 37.4 Å². The molecule has 1 aliphatic carbocycles.